The van der Waals surface area contributed by atoms with Crippen molar-refractivity contribution >= 4 is 5.95 Å². The maximum absolute atomic E-state index is 4.35. The summed E-state index contributed by atoms with van der Waals surface area (Å²) in [5.74, 6) is 0.911. The van der Waals surface area contributed by atoms with Gasteiger partial charge >= 0.3 is 0 Å². The average molecular weight is 203 g/mol. The van der Waals surface area contributed by atoms with Crippen LogP contribution in [0.25, 0.3) is 0 Å². The lowest BCUT2D eigenvalue weighted by Gasteiger charge is -2.37. The Morgan fingerprint density at radius 3 is 2.60 bits per heavy atom. The molecule has 1 aromatic heterocycles. The standard InChI is InChI=1S/C12H17N3/c1-10-8-12(4-2-5-12)9-15(10)11-13-6-3-7-14-11/h3,6-7,10H,2,4-5,8-9H2,1H3. The van der Waals surface area contributed by atoms with E-state index >= 15 is 0 Å². The van der Waals surface area contributed by atoms with Crippen LogP contribution >= 0.6 is 0 Å². The molecule has 0 radical (unpaired) electrons. The van der Waals surface area contributed by atoms with Gasteiger partial charge in [-0.05, 0) is 37.7 Å². The lowest BCUT2D eigenvalue weighted by Crippen LogP contribution is -2.34. The molecule has 15 heavy (non-hydrogen) atoms. The number of rotatable bonds is 1. The predicted molar refractivity (Wildman–Crippen MR) is 59.7 cm³/mol. The molecule has 2 heterocycles. The van der Waals surface area contributed by atoms with Crippen LogP contribution in [0.2, 0.25) is 0 Å². The number of aromatic nitrogens is 2. The quantitative estimate of drug-likeness (QED) is 0.701. The summed E-state index contributed by atoms with van der Waals surface area (Å²) in [5, 5.41) is 0. The third-order valence-corrected chi connectivity index (χ3v) is 3.99. The van der Waals surface area contributed by atoms with E-state index in [-0.39, 0.29) is 0 Å². The monoisotopic (exact) mass is 203 g/mol. The Balaban J connectivity index is 1.83. The molecular weight excluding hydrogens is 186 g/mol. The van der Waals surface area contributed by atoms with Gasteiger partial charge in [0, 0.05) is 25.0 Å². The molecule has 0 aromatic carbocycles. The van der Waals surface area contributed by atoms with Crippen molar-refractivity contribution in [1.82, 2.24) is 9.97 Å². The Bertz CT molecular complexity index is 345. The van der Waals surface area contributed by atoms with E-state index in [1.165, 1.54) is 25.7 Å². The fraction of sp³-hybridized carbons (Fsp3) is 0.667. The summed E-state index contributed by atoms with van der Waals surface area (Å²) >= 11 is 0. The lowest BCUT2D eigenvalue weighted by molar-refractivity contribution is 0.161. The van der Waals surface area contributed by atoms with Crippen LogP contribution in [0.15, 0.2) is 18.5 Å². The first-order valence-corrected chi connectivity index (χ1v) is 5.83. The summed E-state index contributed by atoms with van der Waals surface area (Å²) in [7, 11) is 0. The molecule has 2 aliphatic rings. The van der Waals surface area contributed by atoms with Crippen LogP contribution in [0.3, 0.4) is 0 Å². The first kappa shape index (κ1) is 9.13. The molecule has 2 fully saturated rings. The van der Waals surface area contributed by atoms with Crippen molar-refractivity contribution in [2.24, 2.45) is 5.41 Å². The second-order valence-electron chi connectivity index (χ2n) is 5.08. The molecule has 80 valence electrons. The van der Waals surface area contributed by atoms with Gasteiger partial charge in [-0.1, -0.05) is 6.42 Å². The molecule has 1 aromatic rings. The fourth-order valence-corrected chi connectivity index (χ4v) is 3.06. The van der Waals surface area contributed by atoms with E-state index < -0.39 is 0 Å². The van der Waals surface area contributed by atoms with Gasteiger partial charge < -0.3 is 4.90 Å². The zero-order valence-electron chi connectivity index (χ0n) is 9.19. The molecule has 3 nitrogen and oxygen atoms in total. The predicted octanol–water partition coefficient (Wildman–Crippen LogP) is 2.25. The largest absolute Gasteiger partial charge is 0.338 e. The Morgan fingerprint density at radius 2 is 2.07 bits per heavy atom. The second-order valence-corrected chi connectivity index (χ2v) is 5.08. The van der Waals surface area contributed by atoms with Crippen LogP contribution in [0, 0.1) is 5.41 Å². The zero-order valence-corrected chi connectivity index (χ0v) is 9.19. The Morgan fingerprint density at radius 1 is 1.33 bits per heavy atom. The smallest absolute Gasteiger partial charge is 0.225 e. The minimum atomic E-state index is 0.604. The van der Waals surface area contributed by atoms with Crippen molar-refractivity contribution < 1.29 is 0 Å². The lowest BCUT2D eigenvalue weighted by atomic mass is 9.68. The van der Waals surface area contributed by atoms with Crippen molar-refractivity contribution in [2.75, 3.05) is 11.4 Å². The minimum Gasteiger partial charge on any atom is -0.338 e. The van der Waals surface area contributed by atoms with E-state index in [2.05, 4.69) is 21.8 Å². The van der Waals surface area contributed by atoms with E-state index in [4.69, 9.17) is 0 Å². The summed E-state index contributed by atoms with van der Waals surface area (Å²) in [6.45, 7) is 3.46. The normalized spacial score (nSPS) is 28.1. The van der Waals surface area contributed by atoms with Crippen molar-refractivity contribution in [3.8, 4) is 0 Å². The Hall–Kier alpha value is -1.12. The van der Waals surface area contributed by atoms with Crippen LogP contribution in [-0.2, 0) is 0 Å². The first-order chi connectivity index (χ1) is 7.29. The topological polar surface area (TPSA) is 29.0 Å². The third kappa shape index (κ3) is 1.41. The molecule has 1 atom stereocenters. The molecule has 1 saturated carbocycles. The molecule has 0 amide bonds. The molecule has 1 spiro atoms. The summed E-state index contributed by atoms with van der Waals surface area (Å²) in [5.41, 5.74) is 0.610. The highest BCUT2D eigenvalue weighted by atomic mass is 15.3. The van der Waals surface area contributed by atoms with Gasteiger partial charge in [-0.15, -0.1) is 0 Å². The Labute approximate surface area is 90.5 Å². The molecule has 1 saturated heterocycles. The van der Waals surface area contributed by atoms with E-state index in [9.17, 15) is 0 Å². The van der Waals surface area contributed by atoms with Crippen LogP contribution < -0.4 is 4.90 Å². The van der Waals surface area contributed by atoms with Crippen molar-refractivity contribution in [1.29, 1.82) is 0 Å². The van der Waals surface area contributed by atoms with Gasteiger partial charge in [-0.3, -0.25) is 0 Å². The number of hydrogen-bond donors (Lipinski definition) is 0. The zero-order chi connectivity index (χ0) is 10.3. The fourth-order valence-electron chi connectivity index (χ4n) is 3.06. The van der Waals surface area contributed by atoms with Gasteiger partial charge in [-0.25, -0.2) is 9.97 Å². The maximum Gasteiger partial charge on any atom is 0.225 e. The minimum absolute atomic E-state index is 0.604. The van der Waals surface area contributed by atoms with Gasteiger partial charge in [-0.2, -0.15) is 0 Å². The summed E-state index contributed by atoms with van der Waals surface area (Å²) < 4.78 is 0. The van der Waals surface area contributed by atoms with E-state index in [0.29, 0.717) is 11.5 Å². The highest BCUT2D eigenvalue weighted by Crippen LogP contribution is 2.50. The van der Waals surface area contributed by atoms with Crippen LogP contribution in [0.1, 0.15) is 32.6 Å². The third-order valence-electron chi connectivity index (χ3n) is 3.99. The summed E-state index contributed by atoms with van der Waals surface area (Å²) in [6, 6.07) is 2.48. The molecule has 1 aliphatic carbocycles. The maximum atomic E-state index is 4.35. The molecule has 3 heteroatoms. The van der Waals surface area contributed by atoms with Crippen molar-refractivity contribution in [3.05, 3.63) is 18.5 Å². The highest BCUT2D eigenvalue weighted by molar-refractivity contribution is 5.34. The number of anilines is 1. The van der Waals surface area contributed by atoms with Crippen LogP contribution in [0.5, 0.6) is 0 Å². The molecule has 0 bridgehead atoms. The molecule has 1 unspecified atom stereocenters. The highest BCUT2D eigenvalue weighted by Gasteiger charge is 2.46. The number of nitrogens with zero attached hydrogens (tertiary/aromatic N) is 3. The summed E-state index contributed by atoms with van der Waals surface area (Å²) in [4.78, 5) is 11.1. The molecule has 0 N–H and O–H groups in total. The van der Waals surface area contributed by atoms with Crippen molar-refractivity contribution in [2.45, 2.75) is 38.6 Å². The molecular formula is C12H17N3. The molecule has 3 rings (SSSR count). The molecule has 1 aliphatic heterocycles. The van der Waals surface area contributed by atoms with E-state index in [1.807, 2.05) is 18.5 Å². The van der Waals surface area contributed by atoms with Gasteiger partial charge in [0.05, 0.1) is 0 Å². The van der Waals surface area contributed by atoms with Gasteiger partial charge in [0.1, 0.15) is 0 Å². The van der Waals surface area contributed by atoms with Gasteiger partial charge in [0.15, 0.2) is 0 Å². The average Bonchev–Trinajstić information content (AvgIpc) is 2.57. The van der Waals surface area contributed by atoms with Crippen LogP contribution in [-0.4, -0.2) is 22.6 Å². The van der Waals surface area contributed by atoms with E-state index in [0.717, 1.165) is 12.5 Å². The Kier molecular flexibility index (Phi) is 1.94. The van der Waals surface area contributed by atoms with Gasteiger partial charge in [0.25, 0.3) is 0 Å². The van der Waals surface area contributed by atoms with Crippen LogP contribution in [0.4, 0.5) is 5.95 Å². The summed E-state index contributed by atoms with van der Waals surface area (Å²) in [6.07, 6.45) is 9.21. The van der Waals surface area contributed by atoms with E-state index in [1.54, 1.807) is 0 Å². The number of hydrogen-bond acceptors (Lipinski definition) is 3. The first-order valence-electron chi connectivity index (χ1n) is 5.83. The second kappa shape index (κ2) is 3.19. The van der Waals surface area contributed by atoms with Gasteiger partial charge in [0.2, 0.25) is 5.95 Å². The van der Waals surface area contributed by atoms with Crippen molar-refractivity contribution in [3.63, 3.8) is 0 Å². The SMILES string of the molecule is CC1CC2(CCC2)CN1c1ncccn1.